The molecule has 37 heavy (non-hydrogen) atoms. The van der Waals surface area contributed by atoms with Crippen molar-refractivity contribution >= 4 is 38.6 Å². The van der Waals surface area contributed by atoms with Crippen molar-refractivity contribution in [2.45, 2.75) is 50.4 Å². The van der Waals surface area contributed by atoms with E-state index in [0.29, 0.717) is 30.2 Å². The first-order valence-electron chi connectivity index (χ1n) is 12.5. The van der Waals surface area contributed by atoms with Crippen LogP contribution < -0.4 is 10.2 Å². The number of aromatic nitrogens is 4. The fourth-order valence-corrected chi connectivity index (χ4v) is 7.98. The molecule has 3 atom stereocenters. The Morgan fingerprint density at radius 2 is 2.00 bits per heavy atom. The molecular formula is C24H29N9O3S. The lowest BCUT2D eigenvalue weighted by Crippen LogP contribution is -2.60. The summed E-state index contributed by atoms with van der Waals surface area (Å²) in [6.07, 6.45) is 4.84. The Hall–Kier alpha value is -3.31. The third-order valence-corrected chi connectivity index (χ3v) is 9.86. The molecule has 3 aromatic heterocycles. The van der Waals surface area contributed by atoms with Gasteiger partial charge in [0, 0.05) is 62.0 Å². The SMILES string of the molecule is CN(c1nc(Nc2cc(CO)[nH]n2)cc2ncccc12)[C@@H]1C[C@H]2CC[C@@H](C1)N2S(=O)(=O)N1CC(C#N)C1. The van der Waals surface area contributed by atoms with Crippen LogP contribution in [-0.2, 0) is 16.8 Å². The molecule has 3 aliphatic heterocycles. The van der Waals surface area contributed by atoms with Gasteiger partial charge in [-0.25, -0.2) is 4.98 Å². The van der Waals surface area contributed by atoms with Crippen molar-refractivity contribution in [2.24, 2.45) is 5.92 Å². The van der Waals surface area contributed by atoms with E-state index < -0.39 is 10.2 Å². The molecule has 0 unspecified atom stereocenters. The molecule has 3 N–H and O–H groups in total. The lowest BCUT2D eigenvalue weighted by Gasteiger charge is -2.45. The van der Waals surface area contributed by atoms with Gasteiger partial charge in [0.15, 0.2) is 5.82 Å². The number of hydrogen-bond donors (Lipinski definition) is 3. The summed E-state index contributed by atoms with van der Waals surface area (Å²) in [4.78, 5) is 11.6. The molecule has 0 saturated carbocycles. The van der Waals surface area contributed by atoms with Gasteiger partial charge in [-0.15, -0.1) is 0 Å². The first kappa shape index (κ1) is 24.1. The average Bonchev–Trinajstić information content (AvgIpc) is 3.43. The first-order valence-corrected chi connectivity index (χ1v) is 13.9. The summed E-state index contributed by atoms with van der Waals surface area (Å²) >= 11 is 0. The number of aromatic amines is 1. The summed E-state index contributed by atoms with van der Waals surface area (Å²) in [6, 6.07) is 9.60. The largest absolute Gasteiger partial charge is 0.390 e. The Kier molecular flexibility index (Phi) is 5.99. The normalized spacial score (nSPS) is 24.6. The van der Waals surface area contributed by atoms with E-state index in [0.717, 1.165) is 29.6 Å². The molecule has 3 aromatic rings. The average molecular weight is 524 g/mol. The molecule has 194 valence electrons. The summed E-state index contributed by atoms with van der Waals surface area (Å²) in [7, 11) is -1.55. The number of H-pyrrole nitrogens is 1. The summed E-state index contributed by atoms with van der Waals surface area (Å²) in [6.45, 7) is 0.440. The van der Waals surface area contributed by atoms with Crippen LogP contribution >= 0.6 is 0 Å². The van der Waals surface area contributed by atoms with Gasteiger partial charge in [0.05, 0.1) is 29.8 Å². The predicted octanol–water partition coefficient (Wildman–Crippen LogP) is 1.72. The van der Waals surface area contributed by atoms with E-state index in [-0.39, 0.29) is 43.7 Å². The summed E-state index contributed by atoms with van der Waals surface area (Å²) < 4.78 is 29.8. The maximum atomic E-state index is 13.3. The summed E-state index contributed by atoms with van der Waals surface area (Å²) in [5.41, 5.74) is 1.38. The van der Waals surface area contributed by atoms with E-state index in [9.17, 15) is 13.5 Å². The van der Waals surface area contributed by atoms with Gasteiger partial charge in [0.1, 0.15) is 11.6 Å². The molecule has 3 saturated heterocycles. The number of nitriles is 1. The molecule has 0 aromatic carbocycles. The molecule has 3 fully saturated rings. The number of aliphatic hydroxyl groups is 1. The molecule has 12 nitrogen and oxygen atoms in total. The standard InChI is InChI=1S/C24H29N9O3S/c1-31(19-8-17-4-5-18(9-19)33(17)37(35,36)32-12-15(11-25)13-32)24-20-3-2-6-26-21(20)10-22(28-24)27-23-7-16(14-34)29-30-23/h2-3,6-7,10,15,17-19,34H,4-5,8-9,12-14H2,1H3,(H2,27,28,29,30)/t17-,18+,19-. The highest BCUT2D eigenvalue weighted by Gasteiger charge is 2.51. The second-order valence-electron chi connectivity index (χ2n) is 10.1. The van der Waals surface area contributed by atoms with E-state index in [2.05, 4.69) is 31.5 Å². The minimum atomic E-state index is -3.56. The van der Waals surface area contributed by atoms with Crippen LogP contribution in [0.3, 0.4) is 0 Å². The molecule has 0 radical (unpaired) electrons. The summed E-state index contributed by atoms with van der Waals surface area (Å²) in [5, 5.41) is 29.4. The van der Waals surface area contributed by atoms with Crippen LogP contribution in [0.4, 0.5) is 17.5 Å². The second kappa shape index (κ2) is 9.21. The van der Waals surface area contributed by atoms with Crippen molar-refractivity contribution in [3.8, 4) is 6.07 Å². The van der Waals surface area contributed by atoms with E-state index in [1.54, 1.807) is 16.6 Å². The van der Waals surface area contributed by atoms with Crippen LogP contribution in [-0.4, -0.2) is 80.6 Å². The van der Waals surface area contributed by atoms with Crippen molar-refractivity contribution in [2.75, 3.05) is 30.4 Å². The predicted molar refractivity (Wildman–Crippen MR) is 137 cm³/mol. The van der Waals surface area contributed by atoms with Gasteiger partial charge in [0.2, 0.25) is 0 Å². The van der Waals surface area contributed by atoms with Crippen molar-refractivity contribution in [1.29, 1.82) is 5.26 Å². The lowest BCUT2D eigenvalue weighted by molar-refractivity contribution is 0.177. The fourth-order valence-electron chi connectivity index (χ4n) is 5.84. The van der Waals surface area contributed by atoms with E-state index in [4.69, 9.17) is 10.2 Å². The van der Waals surface area contributed by atoms with Crippen LogP contribution in [0.2, 0.25) is 0 Å². The summed E-state index contributed by atoms with van der Waals surface area (Å²) in [5.74, 6) is 1.69. The van der Waals surface area contributed by atoms with Gasteiger partial charge in [-0.1, -0.05) is 0 Å². The number of rotatable bonds is 7. The second-order valence-corrected chi connectivity index (χ2v) is 11.9. The van der Waals surface area contributed by atoms with Gasteiger partial charge in [-0.3, -0.25) is 10.1 Å². The molecular weight excluding hydrogens is 494 g/mol. The minimum absolute atomic E-state index is 0.0657. The van der Waals surface area contributed by atoms with Gasteiger partial charge < -0.3 is 15.3 Å². The molecule has 0 spiro atoms. The Balaban J connectivity index is 1.25. The number of nitrogens with one attached hydrogen (secondary N) is 2. The maximum absolute atomic E-state index is 13.3. The van der Waals surface area contributed by atoms with Crippen molar-refractivity contribution in [3.05, 3.63) is 36.2 Å². The van der Waals surface area contributed by atoms with Crippen LogP contribution in [0.5, 0.6) is 0 Å². The van der Waals surface area contributed by atoms with Crippen LogP contribution in [0, 0.1) is 17.2 Å². The van der Waals surface area contributed by atoms with Crippen molar-refractivity contribution < 1.29 is 13.5 Å². The first-order chi connectivity index (χ1) is 17.9. The zero-order chi connectivity index (χ0) is 25.7. The third kappa shape index (κ3) is 4.19. The molecule has 2 bridgehead atoms. The van der Waals surface area contributed by atoms with Crippen LogP contribution in [0.1, 0.15) is 31.4 Å². The lowest BCUT2D eigenvalue weighted by atomic mass is 9.98. The molecule has 13 heteroatoms. The number of hydrogen-bond acceptors (Lipinski definition) is 9. The number of nitrogens with zero attached hydrogens (tertiary/aromatic N) is 7. The number of fused-ring (bicyclic) bond motifs is 3. The quantitative estimate of drug-likeness (QED) is 0.420. The highest BCUT2D eigenvalue weighted by Crippen LogP contribution is 2.42. The van der Waals surface area contributed by atoms with E-state index >= 15 is 0 Å². The minimum Gasteiger partial charge on any atom is -0.390 e. The van der Waals surface area contributed by atoms with Gasteiger partial charge in [0.25, 0.3) is 10.2 Å². The fraction of sp³-hybridized carbons (Fsp3) is 0.500. The molecule has 6 rings (SSSR count). The Morgan fingerprint density at radius 3 is 2.68 bits per heavy atom. The van der Waals surface area contributed by atoms with Crippen molar-refractivity contribution in [3.63, 3.8) is 0 Å². The van der Waals surface area contributed by atoms with Crippen molar-refractivity contribution in [1.82, 2.24) is 28.8 Å². The number of piperidine rings is 1. The van der Waals surface area contributed by atoms with Crippen LogP contribution in [0.15, 0.2) is 30.5 Å². The molecule has 6 heterocycles. The monoisotopic (exact) mass is 523 g/mol. The zero-order valence-electron chi connectivity index (χ0n) is 20.4. The van der Waals surface area contributed by atoms with Crippen LogP contribution in [0.25, 0.3) is 10.9 Å². The zero-order valence-corrected chi connectivity index (χ0v) is 21.3. The Morgan fingerprint density at radius 1 is 1.24 bits per heavy atom. The molecule has 0 aliphatic carbocycles. The highest BCUT2D eigenvalue weighted by atomic mass is 32.2. The molecule has 0 amide bonds. The molecule has 3 aliphatic rings. The van der Waals surface area contributed by atoms with Gasteiger partial charge in [-0.2, -0.15) is 27.4 Å². The maximum Gasteiger partial charge on any atom is 0.282 e. The van der Waals surface area contributed by atoms with E-state index in [1.165, 1.54) is 4.31 Å². The Labute approximate surface area is 215 Å². The Bertz CT molecular complexity index is 1450. The highest BCUT2D eigenvalue weighted by molar-refractivity contribution is 7.86. The van der Waals surface area contributed by atoms with Gasteiger partial charge >= 0.3 is 0 Å². The number of anilines is 3. The van der Waals surface area contributed by atoms with E-state index in [1.807, 2.05) is 25.2 Å². The smallest absolute Gasteiger partial charge is 0.282 e. The number of aliphatic hydroxyl groups excluding tert-OH is 1. The number of pyridine rings is 2. The van der Waals surface area contributed by atoms with Gasteiger partial charge in [-0.05, 0) is 37.8 Å². The third-order valence-electron chi connectivity index (χ3n) is 7.78. The topological polar surface area (TPSA) is 154 Å².